The second-order valence-corrected chi connectivity index (χ2v) is 3.98. The van der Waals surface area contributed by atoms with Crippen LogP contribution in [0.2, 0.25) is 10.0 Å². The monoisotopic (exact) mass is 449 g/mol. The SMILES string of the molecule is Nc1ccc(Cl)cc1.Nc1ccc(Cl)cc1.[Pt]. The van der Waals surface area contributed by atoms with E-state index in [0.29, 0.717) is 0 Å². The Morgan fingerprint density at radius 3 is 1.00 bits per heavy atom. The zero-order valence-corrected chi connectivity index (χ0v) is 12.6. The largest absolute Gasteiger partial charge is 0.399 e. The fourth-order valence-electron chi connectivity index (χ4n) is 0.926. The molecule has 0 aromatic heterocycles. The van der Waals surface area contributed by atoms with Crippen LogP contribution in [0.5, 0.6) is 0 Å². The molecule has 5 heteroatoms. The van der Waals surface area contributed by atoms with Crippen molar-refractivity contribution in [3.8, 4) is 0 Å². The van der Waals surface area contributed by atoms with Crippen molar-refractivity contribution >= 4 is 34.6 Å². The molecule has 2 aromatic rings. The van der Waals surface area contributed by atoms with Gasteiger partial charge in [-0.15, -0.1) is 0 Å². The number of hydrogen-bond acceptors (Lipinski definition) is 2. The van der Waals surface area contributed by atoms with Crippen LogP contribution >= 0.6 is 23.2 Å². The van der Waals surface area contributed by atoms with Crippen molar-refractivity contribution in [3.05, 3.63) is 58.6 Å². The quantitative estimate of drug-likeness (QED) is 0.600. The summed E-state index contributed by atoms with van der Waals surface area (Å²) in [6.45, 7) is 0. The summed E-state index contributed by atoms with van der Waals surface area (Å²) >= 11 is 11.1. The minimum absolute atomic E-state index is 0. The van der Waals surface area contributed by atoms with Gasteiger partial charge in [0, 0.05) is 42.5 Å². The first-order chi connectivity index (χ1) is 7.58. The summed E-state index contributed by atoms with van der Waals surface area (Å²) < 4.78 is 0. The maximum Gasteiger partial charge on any atom is 0.0407 e. The van der Waals surface area contributed by atoms with Gasteiger partial charge >= 0.3 is 0 Å². The van der Waals surface area contributed by atoms with Gasteiger partial charge in [0.05, 0.1) is 0 Å². The van der Waals surface area contributed by atoms with Crippen LogP contribution < -0.4 is 11.5 Å². The Morgan fingerprint density at radius 1 is 0.588 bits per heavy atom. The van der Waals surface area contributed by atoms with Gasteiger partial charge in [0.25, 0.3) is 0 Å². The summed E-state index contributed by atoms with van der Waals surface area (Å²) in [6, 6.07) is 14.1. The van der Waals surface area contributed by atoms with Crippen molar-refractivity contribution < 1.29 is 21.1 Å². The first-order valence-electron chi connectivity index (χ1n) is 4.60. The minimum atomic E-state index is 0. The molecule has 17 heavy (non-hydrogen) atoms. The molecule has 0 aliphatic rings. The number of rotatable bonds is 0. The molecule has 0 aliphatic carbocycles. The van der Waals surface area contributed by atoms with E-state index < -0.39 is 0 Å². The third-order valence-electron chi connectivity index (χ3n) is 1.74. The number of halogens is 2. The van der Waals surface area contributed by atoms with Crippen LogP contribution in [0, 0.1) is 0 Å². The summed E-state index contributed by atoms with van der Waals surface area (Å²) in [5.41, 5.74) is 12.2. The maximum absolute atomic E-state index is 5.56. The molecule has 0 aliphatic heterocycles. The van der Waals surface area contributed by atoms with Crippen molar-refractivity contribution in [2.75, 3.05) is 11.5 Å². The zero-order chi connectivity index (χ0) is 12.0. The fraction of sp³-hybridized carbons (Fsp3) is 0. The molecule has 0 unspecified atom stereocenters. The van der Waals surface area contributed by atoms with Crippen LogP contribution in [0.15, 0.2) is 48.5 Å². The van der Waals surface area contributed by atoms with Crippen molar-refractivity contribution in [3.63, 3.8) is 0 Å². The Labute approximate surface area is 125 Å². The van der Waals surface area contributed by atoms with Gasteiger partial charge in [0.2, 0.25) is 0 Å². The summed E-state index contributed by atoms with van der Waals surface area (Å²) in [6.07, 6.45) is 0. The molecule has 0 fully saturated rings. The number of anilines is 2. The van der Waals surface area contributed by atoms with Crippen LogP contribution in [0.3, 0.4) is 0 Å². The molecule has 0 saturated heterocycles. The second-order valence-electron chi connectivity index (χ2n) is 3.10. The van der Waals surface area contributed by atoms with Crippen LogP contribution in [0.4, 0.5) is 11.4 Å². The molecule has 4 N–H and O–H groups in total. The van der Waals surface area contributed by atoms with Gasteiger partial charge in [-0.05, 0) is 48.5 Å². The Hall–Kier alpha value is -0.692. The van der Waals surface area contributed by atoms with E-state index in [1.54, 1.807) is 48.5 Å². The number of hydrogen-bond donors (Lipinski definition) is 2. The van der Waals surface area contributed by atoms with Gasteiger partial charge in [-0.1, -0.05) is 23.2 Å². The molecular weight excluding hydrogens is 438 g/mol. The fourth-order valence-corrected chi connectivity index (χ4v) is 1.18. The average molecular weight is 450 g/mol. The topological polar surface area (TPSA) is 52.0 Å². The molecule has 2 rings (SSSR count). The van der Waals surface area contributed by atoms with Gasteiger partial charge in [0.1, 0.15) is 0 Å². The Bertz CT molecular complexity index is 344. The summed E-state index contributed by atoms with van der Waals surface area (Å²) in [5, 5.41) is 1.44. The van der Waals surface area contributed by atoms with E-state index >= 15 is 0 Å². The zero-order valence-electron chi connectivity index (χ0n) is 8.85. The molecule has 0 spiro atoms. The van der Waals surface area contributed by atoms with Gasteiger partial charge in [-0.3, -0.25) is 0 Å². The number of nitrogens with two attached hydrogens (primary N) is 2. The minimum Gasteiger partial charge on any atom is -0.399 e. The molecule has 94 valence electrons. The standard InChI is InChI=1S/2C6H6ClN.Pt/c2*7-5-1-3-6(8)4-2-5;/h2*1-4H,8H2;. The normalized spacial score (nSPS) is 8.59. The van der Waals surface area contributed by atoms with Gasteiger partial charge in [0.15, 0.2) is 0 Å². The summed E-state index contributed by atoms with van der Waals surface area (Å²) in [5.74, 6) is 0. The van der Waals surface area contributed by atoms with E-state index in [1.165, 1.54) is 0 Å². The van der Waals surface area contributed by atoms with Crippen LogP contribution in [-0.4, -0.2) is 0 Å². The maximum atomic E-state index is 5.56. The van der Waals surface area contributed by atoms with Crippen molar-refractivity contribution in [1.82, 2.24) is 0 Å². The number of benzene rings is 2. The van der Waals surface area contributed by atoms with E-state index in [9.17, 15) is 0 Å². The van der Waals surface area contributed by atoms with Crippen molar-refractivity contribution in [1.29, 1.82) is 0 Å². The number of nitrogen functional groups attached to an aromatic ring is 2. The molecule has 0 atom stereocenters. The van der Waals surface area contributed by atoms with Gasteiger partial charge in [-0.2, -0.15) is 0 Å². The first-order valence-corrected chi connectivity index (χ1v) is 5.35. The van der Waals surface area contributed by atoms with Gasteiger partial charge in [-0.25, -0.2) is 0 Å². The summed E-state index contributed by atoms with van der Waals surface area (Å²) in [4.78, 5) is 0. The van der Waals surface area contributed by atoms with E-state index in [-0.39, 0.29) is 21.1 Å². The Balaban J connectivity index is 0.000000284. The second kappa shape index (κ2) is 8.41. The van der Waals surface area contributed by atoms with E-state index in [4.69, 9.17) is 34.7 Å². The molecule has 0 saturated carbocycles. The van der Waals surface area contributed by atoms with Crippen molar-refractivity contribution in [2.45, 2.75) is 0 Å². The molecular formula is C12H12Cl2N2Pt. The summed E-state index contributed by atoms with van der Waals surface area (Å²) in [7, 11) is 0. The van der Waals surface area contributed by atoms with Crippen LogP contribution in [0.25, 0.3) is 0 Å². The molecule has 0 heterocycles. The molecule has 2 aromatic carbocycles. The smallest absolute Gasteiger partial charge is 0.0407 e. The third kappa shape index (κ3) is 7.27. The molecule has 2 nitrogen and oxygen atoms in total. The Morgan fingerprint density at radius 2 is 0.824 bits per heavy atom. The van der Waals surface area contributed by atoms with Gasteiger partial charge < -0.3 is 11.5 Å². The molecule has 0 radical (unpaired) electrons. The third-order valence-corrected chi connectivity index (χ3v) is 2.24. The molecule has 0 amide bonds. The van der Waals surface area contributed by atoms with Crippen molar-refractivity contribution in [2.24, 2.45) is 0 Å². The average Bonchev–Trinajstić information content (AvgIpc) is 2.28. The van der Waals surface area contributed by atoms with E-state index in [0.717, 1.165) is 21.4 Å². The van der Waals surface area contributed by atoms with Crippen LogP contribution in [0.1, 0.15) is 0 Å². The molecule has 0 bridgehead atoms. The first kappa shape index (κ1) is 16.3. The van der Waals surface area contributed by atoms with E-state index in [1.807, 2.05) is 0 Å². The predicted octanol–water partition coefficient (Wildman–Crippen LogP) is 3.84. The van der Waals surface area contributed by atoms with E-state index in [2.05, 4.69) is 0 Å². The Kier molecular flexibility index (Phi) is 8.06. The van der Waals surface area contributed by atoms with Crippen LogP contribution in [-0.2, 0) is 21.1 Å². The predicted molar refractivity (Wildman–Crippen MR) is 71.7 cm³/mol.